The number of rotatable bonds is 20. The van der Waals surface area contributed by atoms with Gasteiger partial charge in [0.1, 0.15) is 6.10 Å². The highest BCUT2D eigenvalue weighted by molar-refractivity contribution is 5.39. The van der Waals surface area contributed by atoms with Crippen molar-refractivity contribution in [2.75, 3.05) is 0 Å². The highest BCUT2D eigenvalue weighted by atomic mass is 16.5. The van der Waals surface area contributed by atoms with E-state index in [0.717, 1.165) is 37.9 Å². The lowest BCUT2D eigenvalue weighted by Crippen LogP contribution is -2.12. The first kappa shape index (κ1) is 39.2. The zero-order valence-corrected chi connectivity index (χ0v) is 30.0. The van der Waals surface area contributed by atoms with Crippen LogP contribution in [-0.4, -0.2) is 6.10 Å². The summed E-state index contributed by atoms with van der Waals surface area (Å²) in [6.07, 6.45) is 32.6. The minimum absolute atomic E-state index is 0.118. The molecular weight excluding hydrogens is 532 g/mol. The zero-order chi connectivity index (χ0) is 33.1. The summed E-state index contributed by atoms with van der Waals surface area (Å²) in [4.78, 5) is 0. The number of allylic oxidation sites excluding steroid dienone is 16. The van der Waals surface area contributed by atoms with Gasteiger partial charge in [-0.1, -0.05) is 139 Å². The van der Waals surface area contributed by atoms with Gasteiger partial charge >= 0.3 is 0 Å². The summed E-state index contributed by atoms with van der Waals surface area (Å²) in [5.74, 6) is 3.54. The molecule has 0 aromatic rings. The van der Waals surface area contributed by atoms with Crippen LogP contribution in [0, 0.1) is 29.6 Å². The molecule has 1 saturated heterocycles. The Kier molecular flexibility index (Phi) is 19.5. The molecular formula is C43H66O. The van der Waals surface area contributed by atoms with Crippen LogP contribution >= 0.6 is 0 Å². The number of hydrogen-bond acceptors (Lipinski definition) is 1. The van der Waals surface area contributed by atoms with E-state index < -0.39 is 0 Å². The lowest BCUT2D eigenvalue weighted by Gasteiger charge is -2.24. The van der Waals surface area contributed by atoms with Gasteiger partial charge in [-0.25, -0.2) is 0 Å². The summed E-state index contributed by atoms with van der Waals surface area (Å²) in [6.45, 7) is 32.6. The van der Waals surface area contributed by atoms with Crippen LogP contribution in [0.2, 0.25) is 0 Å². The summed E-state index contributed by atoms with van der Waals surface area (Å²) < 4.78 is 6.45. The molecule has 0 N–H and O–H groups in total. The van der Waals surface area contributed by atoms with Crippen molar-refractivity contribution in [3.8, 4) is 0 Å². The van der Waals surface area contributed by atoms with Gasteiger partial charge in [-0.05, 0) is 99.8 Å². The number of hydrogen-bond donors (Lipinski definition) is 0. The molecule has 0 amide bonds. The van der Waals surface area contributed by atoms with Crippen LogP contribution < -0.4 is 0 Å². The van der Waals surface area contributed by atoms with E-state index >= 15 is 0 Å². The van der Waals surface area contributed by atoms with E-state index in [1.807, 2.05) is 30.4 Å². The Labute approximate surface area is 273 Å². The van der Waals surface area contributed by atoms with Gasteiger partial charge in [0, 0.05) is 11.8 Å². The minimum atomic E-state index is 0.118. The fraction of sp³-hybridized carbons (Fsp3) is 0.535. The molecule has 0 aliphatic carbocycles. The summed E-state index contributed by atoms with van der Waals surface area (Å²) in [7, 11) is 0. The van der Waals surface area contributed by atoms with Crippen molar-refractivity contribution in [1.82, 2.24) is 0 Å². The molecule has 1 heteroatoms. The molecule has 0 aromatic carbocycles. The van der Waals surface area contributed by atoms with Gasteiger partial charge in [0.25, 0.3) is 0 Å². The van der Waals surface area contributed by atoms with E-state index in [9.17, 15) is 0 Å². The minimum Gasteiger partial charge on any atom is -0.490 e. The third-order valence-corrected chi connectivity index (χ3v) is 9.42. The van der Waals surface area contributed by atoms with E-state index in [1.54, 1.807) is 11.1 Å². The van der Waals surface area contributed by atoms with E-state index in [1.165, 1.54) is 36.0 Å². The average molecular weight is 599 g/mol. The maximum atomic E-state index is 6.45. The maximum Gasteiger partial charge on any atom is 0.120 e. The van der Waals surface area contributed by atoms with Crippen molar-refractivity contribution in [3.63, 3.8) is 0 Å². The quantitative estimate of drug-likeness (QED) is 0.0769. The summed E-state index contributed by atoms with van der Waals surface area (Å²) in [5, 5.41) is 0. The molecule has 5 atom stereocenters. The Morgan fingerprint density at radius 2 is 1.59 bits per heavy atom. The van der Waals surface area contributed by atoms with E-state index in [-0.39, 0.29) is 6.10 Å². The van der Waals surface area contributed by atoms with Gasteiger partial charge in [-0.15, -0.1) is 6.58 Å². The van der Waals surface area contributed by atoms with Crippen molar-refractivity contribution < 1.29 is 4.74 Å². The predicted molar refractivity (Wildman–Crippen MR) is 199 cm³/mol. The second-order valence-electron chi connectivity index (χ2n) is 13.2. The third-order valence-electron chi connectivity index (χ3n) is 9.42. The second kappa shape index (κ2) is 21.8. The summed E-state index contributed by atoms with van der Waals surface area (Å²) >= 11 is 0. The van der Waals surface area contributed by atoms with Gasteiger partial charge in [0.05, 0.1) is 5.76 Å². The van der Waals surface area contributed by atoms with Crippen LogP contribution in [0.15, 0.2) is 120 Å². The standard InChI is InChI=1S/C43H66O/c1-13-17-21-22-34(8)39(23-18-14-2)28-26-33(7)27-29-40(35(9)36(10)41(32(5)6)24-19-15-3)30-31-43-38(12)37(11)42(44-43)25-20-16-4/h13-14,16,18,20,22-23,25,28-29,31-33,35,37-38,42H,1-2,4,15,17,19,21,24,26-27,30H2,3,5-12H3/b23-18-,25-20-,34-22+,39-28+,40-29-,41-36-,43-31+/t33-,35?,37?,38+,42-/m1/s1. The normalized spacial score (nSPS) is 22.9. The van der Waals surface area contributed by atoms with Gasteiger partial charge in [0.15, 0.2) is 0 Å². The maximum absolute atomic E-state index is 6.45. The van der Waals surface area contributed by atoms with Crippen LogP contribution in [0.25, 0.3) is 0 Å². The van der Waals surface area contributed by atoms with E-state index in [4.69, 9.17) is 4.74 Å². The molecule has 1 heterocycles. The van der Waals surface area contributed by atoms with Crippen molar-refractivity contribution in [1.29, 1.82) is 0 Å². The van der Waals surface area contributed by atoms with Crippen LogP contribution in [0.4, 0.5) is 0 Å². The Morgan fingerprint density at radius 1 is 0.909 bits per heavy atom. The second-order valence-corrected chi connectivity index (χ2v) is 13.2. The molecule has 0 saturated carbocycles. The van der Waals surface area contributed by atoms with Gasteiger partial charge < -0.3 is 4.74 Å². The molecule has 2 unspecified atom stereocenters. The third kappa shape index (κ3) is 13.5. The molecule has 0 aromatic heterocycles. The Hall–Kier alpha value is -2.80. The van der Waals surface area contributed by atoms with Crippen LogP contribution in [-0.2, 0) is 4.74 Å². The predicted octanol–water partition coefficient (Wildman–Crippen LogP) is 13.4. The highest BCUT2D eigenvalue weighted by Gasteiger charge is 2.33. The molecule has 1 aliphatic heterocycles. The van der Waals surface area contributed by atoms with Gasteiger partial charge in [0.2, 0.25) is 0 Å². The first-order valence-electron chi connectivity index (χ1n) is 17.3. The topological polar surface area (TPSA) is 9.23 Å². The molecule has 44 heavy (non-hydrogen) atoms. The van der Waals surface area contributed by atoms with E-state index in [2.05, 4.69) is 119 Å². The lowest BCUT2D eigenvalue weighted by molar-refractivity contribution is 0.178. The molecule has 1 fully saturated rings. The molecule has 0 radical (unpaired) electrons. The molecule has 1 rings (SSSR count). The van der Waals surface area contributed by atoms with Crippen molar-refractivity contribution in [2.45, 2.75) is 120 Å². The number of unbranched alkanes of at least 4 members (excludes halogenated alkanes) is 2. The van der Waals surface area contributed by atoms with Crippen LogP contribution in [0.3, 0.4) is 0 Å². The summed E-state index contributed by atoms with van der Waals surface area (Å²) in [6, 6.07) is 0. The Balaban J connectivity index is 3.34. The summed E-state index contributed by atoms with van der Waals surface area (Å²) in [5.41, 5.74) is 7.33. The Morgan fingerprint density at radius 3 is 2.20 bits per heavy atom. The van der Waals surface area contributed by atoms with Crippen LogP contribution in [0.1, 0.15) is 114 Å². The fourth-order valence-corrected chi connectivity index (χ4v) is 5.92. The molecule has 0 spiro atoms. The first-order chi connectivity index (χ1) is 21.0. The molecule has 244 valence electrons. The largest absolute Gasteiger partial charge is 0.490 e. The average Bonchev–Trinajstić information content (AvgIpc) is 3.27. The zero-order valence-electron chi connectivity index (χ0n) is 30.0. The van der Waals surface area contributed by atoms with Gasteiger partial charge in [-0.2, -0.15) is 0 Å². The van der Waals surface area contributed by atoms with Crippen molar-refractivity contribution >= 4 is 0 Å². The van der Waals surface area contributed by atoms with Gasteiger partial charge in [-0.3, -0.25) is 0 Å². The van der Waals surface area contributed by atoms with E-state index in [0.29, 0.717) is 29.6 Å². The molecule has 0 bridgehead atoms. The molecule has 1 aliphatic rings. The monoisotopic (exact) mass is 599 g/mol. The Bertz CT molecular complexity index is 1110. The highest BCUT2D eigenvalue weighted by Crippen LogP contribution is 2.38. The van der Waals surface area contributed by atoms with Crippen molar-refractivity contribution in [2.24, 2.45) is 29.6 Å². The van der Waals surface area contributed by atoms with Crippen molar-refractivity contribution in [3.05, 3.63) is 120 Å². The lowest BCUT2D eigenvalue weighted by atomic mass is 9.82. The number of ether oxygens (including phenoxy) is 1. The molecule has 1 nitrogen and oxygen atoms in total. The first-order valence-corrected chi connectivity index (χ1v) is 17.3. The smallest absolute Gasteiger partial charge is 0.120 e. The SMILES string of the molecule is C=C\C=C/C(=C\C[C@@H](C)C/C=C(/C/C=C1/O[C@H](/C=C\C=C)C(C)[C@@H]1C)C(C)/C(C)=C(/CCCC)C(C)C)C(/C)=C/CCC=C. The fourth-order valence-electron chi connectivity index (χ4n) is 5.92. The van der Waals surface area contributed by atoms with Crippen LogP contribution in [0.5, 0.6) is 0 Å².